The van der Waals surface area contributed by atoms with E-state index in [2.05, 4.69) is 18.7 Å². The Labute approximate surface area is 166 Å². The molecule has 3 aliphatic heterocycles. The van der Waals surface area contributed by atoms with Crippen LogP contribution in [-0.4, -0.2) is 71.2 Å². The van der Waals surface area contributed by atoms with Crippen LogP contribution in [0.15, 0.2) is 0 Å². The number of ether oxygens (including phenoxy) is 2. The Kier molecular flexibility index (Phi) is 3.44. The summed E-state index contributed by atoms with van der Waals surface area (Å²) in [4.78, 5) is 15.6. The summed E-state index contributed by atoms with van der Waals surface area (Å²) in [6, 6.07) is 0.0757. The van der Waals surface area contributed by atoms with E-state index in [0.717, 1.165) is 32.4 Å². The number of carbonyl (C=O) groups is 1. The maximum atomic E-state index is 13.1. The lowest BCUT2D eigenvalue weighted by Gasteiger charge is -2.69. The number of hydrogen-bond acceptors (Lipinski definition) is 6. The molecule has 4 saturated carbocycles. The molecular weight excluding hydrogens is 358 g/mol. The molecule has 28 heavy (non-hydrogen) atoms. The summed E-state index contributed by atoms with van der Waals surface area (Å²) < 4.78 is 11.9. The van der Waals surface area contributed by atoms with Gasteiger partial charge in [-0.05, 0) is 50.0 Å². The topological polar surface area (TPSA) is 79.2 Å². The van der Waals surface area contributed by atoms with Crippen molar-refractivity contribution in [2.24, 2.45) is 34.5 Å². The zero-order valence-electron chi connectivity index (χ0n) is 17.1. The van der Waals surface area contributed by atoms with E-state index in [1.165, 1.54) is 0 Å². The zero-order chi connectivity index (χ0) is 19.6. The van der Waals surface area contributed by atoms with Crippen LogP contribution >= 0.6 is 0 Å². The molecule has 2 N–H and O–H groups in total. The van der Waals surface area contributed by atoms with Crippen molar-refractivity contribution in [3.05, 3.63) is 0 Å². The molecule has 0 amide bonds. The minimum Gasteiger partial charge on any atom is -0.462 e. The van der Waals surface area contributed by atoms with Crippen LogP contribution in [0.2, 0.25) is 0 Å². The molecule has 3 heterocycles. The maximum absolute atomic E-state index is 13.1. The number of esters is 1. The molecule has 6 heteroatoms. The van der Waals surface area contributed by atoms with E-state index in [4.69, 9.17) is 9.47 Å². The van der Waals surface area contributed by atoms with Crippen LogP contribution in [-0.2, 0) is 14.3 Å². The first-order chi connectivity index (χ1) is 13.3. The van der Waals surface area contributed by atoms with E-state index in [0.29, 0.717) is 12.8 Å². The second-order valence-electron chi connectivity index (χ2n) is 10.8. The maximum Gasteiger partial charge on any atom is 0.312 e. The van der Waals surface area contributed by atoms with Gasteiger partial charge >= 0.3 is 5.97 Å². The van der Waals surface area contributed by atoms with E-state index in [1.54, 1.807) is 7.11 Å². The normalized spacial score (nSPS) is 61.8. The number of piperidine rings is 1. The lowest BCUT2D eigenvalue weighted by molar-refractivity contribution is -0.269. The zero-order valence-corrected chi connectivity index (χ0v) is 17.1. The van der Waals surface area contributed by atoms with Crippen LogP contribution in [0.5, 0.6) is 0 Å². The van der Waals surface area contributed by atoms with Crippen molar-refractivity contribution in [3.8, 4) is 0 Å². The van der Waals surface area contributed by atoms with Crippen LogP contribution in [0.25, 0.3) is 0 Å². The first kappa shape index (κ1) is 18.1. The summed E-state index contributed by atoms with van der Waals surface area (Å²) >= 11 is 0. The first-order valence-electron chi connectivity index (χ1n) is 11.2. The highest BCUT2D eigenvalue weighted by Crippen LogP contribution is 2.77. The van der Waals surface area contributed by atoms with Crippen LogP contribution in [0.4, 0.5) is 0 Å². The average Bonchev–Trinajstić information content (AvgIpc) is 2.73. The van der Waals surface area contributed by atoms with Gasteiger partial charge in [0.1, 0.15) is 6.10 Å². The number of nitrogens with zero attached hydrogens (tertiary/aromatic N) is 1. The molecule has 7 aliphatic rings. The lowest BCUT2D eigenvalue weighted by Crippen LogP contribution is -2.76. The van der Waals surface area contributed by atoms with E-state index < -0.39 is 17.6 Å². The number of likely N-dealkylation sites (tertiary alicyclic amines) is 1. The first-order valence-corrected chi connectivity index (χ1v) is 11.2. The molecule has 6 nitrogen and oxygen atoms in total. The fraction of sp³-hybridized carbons (Fsp3) is 0.955. The van der Waals surface area contributed by atoms with Crippen molar-refractivity contribution in [3.63, 3.8) is 0 Å². The fourth-order valence-corrected chi connectivity index (χ4v) is 9.64. The highest BCUT2D eigenvalue weighted by molar-refractivity contribution is 5.77. The van der Waals surface area contributed by atoms with Gasteiger partial charge in [-0.2, -0.15) is 0 Å². The van der Waals surface area contributed by atoms with Gasteiger partial charge in [-0.15, -0.1) is 0 Å². The van der Waals surface area contributed by atoms with E-state index in [1.807, 2.05) is 0 Å². The Morgan fingerprint density at radius 1 is 1.32 bits per heavy atom. The van der Waals surface area contributed by atoms with Crippen molar-refractivity contribution in [1.82, 2.24) is 4.90 Å². The van der Waals surface area contributed by atoms with Gasteiger partial charge in [-0.25, -0.2) is 0 Å². The number of carbonyl (C=O) groups excluding carboxylic acids is 1. The summed E-state index contributed by atoms with van der Waals surface area (Å²) in [6.45, 7) is 6.38. The molecule has 7 fully saturated rings. The monoisotopic (exact) mass is 391 g/mol. The summed E-state index contributed by atoms with van der Waals surface area (Å²) in [5, 5.41) is 23.9. The predicted octanol–water partition coefficient (Wildman–Crippen LogP) is 1.19. The smallest absolute Gasteiger partial charge is 0.312 e. The number of rotatable bonds is 2. The van der Waals surface area contributed by atoms with Gasteiger partial charge in [-0.3, -0.25) is 9.69 Å². The molecule has 0 aromatic carbocycles. The van der Waals surface area contributed by atoms with Crippen molar-refractivity contribution in [2.75, 3.05) is 20.2 Å². The number of aliphatic hydroxyl groups is 2. The van der Waals surface area contributed by atoms with Crippen LogP contribution < -0.4 is 0 Å². The Morgan fingerprint density at radius 2 is 2.11 bits per heavy atom. The van der Waals surface area contributed by atoms with Crippen molar-refractivity contribution in [1.29, 1.82) is 0 Å². The van der Waals surface area contributed by atoms with E-state index >= 15 is 0 Å². The highest BCUT2D eigenvalue weighted by atomic mass is 16.5. The summed E-state index contributed by atoms with van der Waals surface area (Å²) in [5.74, 6) is -0.969. The molecule has 9 bridgehead atoms. The molecule has 3 saturated heterocycles. The Balaban J connectivity index is 1.66. The van der Waals surface area contributed by atoms with Crippen molar-refractivity contribution >= 4 is 5.97 Å². The second kappa shape index (κ2) is 5.32. The molecule has 7 rings (SSSR count). The van der Waals surface area contributed by atoms with E-state index in [-0.39, 0.29) is 52.8 Å². The number of hydrogen-bond donors (Lipinski definition) is 2. The molecule has 0 radical (unpaired) electrons. The van der Waals surface area contributed by atoms with Gasteiger partial charge in [0.25, 0.3) is 0 Å². The third kappa shape index (κ3) is 1.68. The Morgan fingerprint density at radius 3 is 2.82 bits per heavy atom. The minimum absolute atomic E-state index is 0.0123. The van der Waals surface area contributed by atoms with Gasteiger partial charge < -0.3 is 19.7 Å². The third-order valence-corrected chi connectivity index (χ3v) is 10.1. The van der Waals surface area contributed by atoms with Gasteiger partial charge in [0.2, 0.25) is 0 Å². The largest absolute Gasteiger partial charge is 0.462 e. The standard InChI is InChI=1S/C22H33NO5/c1-4-23-10-20(2)7-6-13(27-3)22-12-9-11-5-8-21(26,14(12)19(25)28-11)15(18(22)23)16(24)17(20)22/h11-18,24,26H,4-10H2,1-3H3/t11-,12-,13+,14-,15+,16-,17-,18+,20+,21+,22+/m1/s1. The number of aliphatic hydroxyl groups excluding tert-OH is 1. The molecular formula is C22H33NO5. The Bertz CT molecular complexity index is 730. The molecule has 4 aliphatic carbocycles. The third-order valence-electron chi connectivity index (χ3n) is 10.1. The van der Waals surface area contributed by atoms with Crippen LogP contribution in [0.1, 0.15) is 46.0 Å². The second-order valence-corrected chi connectivity index (χ2v) is 10.8. The lowest BCUT2D eigenvalue weighted by atomic mass is 9.42. The number of methoxy groups -OCH3 is 1. The number of fused-ring (bicyclic) bond motifs is 2. The SMILES string of the molecule is CCN1C[C@]2(C)CC[C@H](OC)[C@@]34[C@@H]5C[C@H]6CC[C@@](O)([C@@H]([C@@H](O)[C@H]23)[C@H]14)[C@H]5C(=O)O6. The van der Waals surface area contributed by atoms with Crippen LogP contribution in [0, 0.1) is 34.5 Å². The summed E-state index contributed by atoms with van der Waals surface area (Å²) in [6.07, 6.45) is 3.38. The van der Waals surface area contributed by atoms with Crippen molar-refractivity contribution in [2.45, 2.75) is 75.9 Å². The van der Waals surface area contributed by atoms with Gasteiger partial charge in [0, 0.05) is 36.9 Å². The molecule has 156 valence electrons. The summed E-state index contributed by atoms with van der Waals surface area (Å²) in [7, 11) is 1.79. The molecule has 11 atom stereocenters. The van der Waals surface area contributed by atoms with E-state index in [9.17, 15) is 15.0 Å². The average molecular weight is 392 g/mol. The van der Waals surface area contributed by atoms with Crippen molar-refractivity contribution < 1.29 is 24.5 Å². The quantitative estimate of drug-likeness (QED) is 0.689. The van der Waals surface area contributed by atoms with Crippen LogP contribution in [0.3, 0.4) is 0 Å². The molecule has 1 spiro atoms. The molecule has 0 aromatic rings. The molecule has 0 unspecified atom stereocenters. The fourth-order valence-electron chi connectivity index (χ4n) is 9.64. The molecule has 0 aromatic heterocycles. The van der Waals surface area contributed by atoms with Gasteiger partial charge in [0.15, 0.2) is 0 Å². The highest BCUT2D eigenvalue weighted by Gasteiger charge is 2.84. The predicted molar refractivity (Wildman–Crippen MR) is 100 cm³/mol. The summed E-state index contributed by atoms with van der Waals surface area (Å²) in [5.41, 5.74) is -1.46. The Hall–Kier alpha value is -0.690. The van der Waals surface area contributed by atoms with Gasteiger partial charge in [0.05, 0.1) is 23.7 Å². The minimum atomic E-state index is -1.17. The van der Waals surface area contributed by atoms with Gasteiger partial charge in [-0.1, -0.05) is 13.8 Å².